The average Bonchev–Trinajstić information content (AvgIpc) is 3.73. The maximum absolute atomic E-state index is 7.25. The molecule has 10 aromatic rings. The molecule has 7 heteroatoms. The van der Waals surface area contributed by atoms with Crippen LogP contribution in [0.1, 0.15) is 76.0 Å². The first-order chi connectivity index (χ1) is 34.3. The van der Waals surface area contributed by atoms with Crippen molar-refractivity contribution in [2.75, 3.05) is 9.80 Å². The van der Waals surface area contributed by atoms with Crippen LogP contribution >= 0.6 is 0 Å². The normalized spacial score (nSPS) is 14.2. The summed E-state index contributed by atoms with van der Waals surface area (Å²) in [6.07, 6.45) is 0. The molecule has 0 saturated heterocycles. The molecule has 0 atom stereocenters. The van der Waals surface area contributed by atoms with Crippen molar-refractivity contribution in [2.24, 2.45) is 0 Å². The van der Waals surface area contributed by atoms with Gasteiger partial charge in [0.15, 0.2) is 0 Å². The van der Waals surface area contributed by atoms with Gasteiger partial charge in [-0.1, -0.05) is 174 Å². The molecule has 6 heterocycles. The van der Waals surface area contributed by atoms with E-state index in [-0.39, 0.29) is 20.1 Å². The van der Waals surface area contributed by atoms with Crippen LogP contribution < -0.4 is 63.7 Å². The monoisotopic (exact) mass is 897 g/mol. The highest BCUT2D eigenvalue weighted by Crippen LogP contribution is 2.48. The molecule has 0 unspecified atom stereocenters. The van der Waals surface area contributed by atoms with Crippen LogP contribution in [0.15, 0.2) is 176 Å². The number of fused-ring (bicyclic) bond motifs is 15. The molecule has 5 aliphatic rings. The van der Waals surface area contributed by atoms with Crippen LogP contribution in [0.2, 0.25) is 0 Å². The molecule has 0 fully saturated rings. The topological polar surface area (TPSA) is 20.6 Å². The number of nitrogens with zero attached hydrogens (tertiary/aromatic N) is 3. The predicted molar refractivity (Wildman–Crippen MR) is 299 cm³/mol. The Kier molecular flexibility index (Phi) is 8.32. The Morgan fingerprint density at radius 1 is 0.386 bits per heavy atom. The van der Waals surface area contributed by atoms with Gasteiger partial charge in [0.25, 0.3) is 20.1 Å². The summed E-state index contributed by atoms with van der Waals surface area (Å²) in [4.78, 5) is 5.21. The standard InChI is InChI=1S/C63H50B3N3O/c1-36(2)39-31-43(37(3)4)59(44(32-39)38(5)6)66-47-25-13-17-30-57(47)70-58-35-54-49(33-50(58)66)65-46-24-12-16-29-53(46)69-52-28-15-11-23-45(52)64-48-26-18-22-42-41-21-10-14-27-51(41)68(62(42)48)56-34-55(60(65)63(69)61(56)64)67(54)40-19-8-7-9-20-40/h7-38H,1-6H3. The van der Waals surface area contributed by atoms with Gasteiger partial charge in [0.2, 0.25) is 0 Å². The fourth-order valence-electron chi connectivity index (χ4n) is 13.7. The van der Waals surface area contributed by atoms with Gasteiger partial charge in [0, 0.05) is 62.2 Å². The fourth-order valence-corrected chi connectivity index (χ4v) is 13.7. The molecule has 0 N–H and O–H groups in total. The summed E-state index contributed by atoms with van der Waals surface area (Å²) in [7, 11) is 0. The van der Waals surface area contributed by atoms with Gasteiger partial charge in [-0.3, -0.25) is 0 Å². The van der Waals surface area contributed by atoms with Crippen molar-refractivity contribution in [3.63, 3.8) is 0 Å². The first-order valence-corrected chi connectivity index (χ1v) is 25.4. The number of rotatable bonds is 5. The number of anilines is 6. The highest BCUT2D eigenvalue weighted by atomic mass is 16.5. The maximum Gasteiger partial charge on any atom is 0.252 e. The fraction of sp³-hybridized carbons (Fsp3) is 0.143. The van der Waals surface area contributed by atoms with Crippen molar-refractivity contribution in [2.45, 2.75) is 59.3 Å². The highest BCUT2D eigenvalue weighted by Gasteiger charge is 2.52. The first kappa shape index (κ1) is 40.3. The van der Waals surface area contributed by atoms with Crippen LogP contribution in [0.25, 0.3) is 27.5 Å². The van der Waals surface area contributed by atoms with Crippen LogP contribution in [0.5, 0.6) is 11.5 Å². The van der Waals surface area contributed by atoms with Gasteiger partial charge >= 0.3 is 0 Å². The van der Waals surface area contributed by atoms with Gasteiger partial charge in [-0.25, -0.2) is 0 Å². The number of aromatic nitrogens is 1. The Balaban J connectivity index is 1.09. The number of ether oxygens (including phenoxy) is 1. The van der Waals surface area contributed by atoms with Crippen molar-refractivity contribution >= 4 is 125 Å². The van der Waals surface area contributed by atoms with Crippen molar-refractivity contribution in [1.82, 2.24) is 4.57 Å². The lowest BCUT2D eigenvalue weighted by molar-refractivity contribution is 0.487. The van der Waals surface area contributed by atoms with E-state index in [1.54, 1.807) is 0 Å². The number of benzene rings is 9. The summed E-state index contributed by atoms with van der Waals surface area (Å²) in [6.45, 7) is 14.2. The molecule has 70 heavy (non-hydrogen) atoms. The molecule has 0 spiro atoms. The third-order valence-electron chi connectivity index (χ3n) is 16.6. The smallest absolute Gasteiger partial charge is 0.252 e. The zero-order valence-electron chi connectivity index (χ0n) is 40.5. The van der Waals surface area contributed by atoms with Gasteiger partial charge in [0.05, 0.1) is 5.52 Å². The third-order valence-corrected chi connectivity index (χ3v) is 16.6. The van der Waals surface area contributed by atoms with Crippen LogP contribution in [0.4, 0.5) is 34.1 Å². The number of hydrogen-bond acceptors (Lipinski definition) is 3. The molecule has 5 aliphatic heterocycles. The minimum absolute atomic E-state index is 0.0257. The van der Waals surface area contributed by atoms with E-state index in [1.165, 1.54) is 116 Å². The Hall–Kier alpha value is -7.63. The van der Waals surface area contributed by atoms with E-state index >= 15 is 0 Å². The third kappa shape index (κ3) is 5.20. The highest BCUT2D eigenvalue weighted by molar-refractivity contribution is 7.05. The molecule has 0 saturated carbocycles. The lowest BCUT2D eigenvalue weighted by Gasteiger charge is -2.49. The van der Waals surface area contributed by atoms with Crippen molar-refractivity contribution in [3.05, 3.63) is 193 Å². The minimum atomic E-state index is -0.0530. The summed E-state index contributed by atoms with van der Waals surface area (Å²) < 4.78 is 9.85. The van der Waals surface area contributed by atoms with E-state index in [0.29, 0.717) is 17.8 Å². The van der Waals surface area contributed by atoms with Crippen molar-refractivity contribution < 1.29 is 4.74 Å². The molecule has 0 bridgehead atoms. The lowest BCUT2D eigenvalue weighted by Crippen LogP contribution is -2.69. The van der Waals surface area contributed by atoms with Gasteiger partial charge in [0.1, 0.15) is 11.5 Å². The molecule has 0 amide bonds. The molecule has 15 rings (SSSR count). The van der Waals surface area contributed by atoms with E-state index in [0.717, 1.165) is 22.9 Å². The largest absolute Gasteiger partial charge is 0.458 e. The first-order valence-electron chi connectivity index (χ1n) is 25.4. The molecule has 4 nitrogen and oxygen atoms in total. The Labute approximate surface area is 411 Å². The van der Waals surface area contributed by atoms with Crippen LogP contribution in [0.3, 0.4) is 0 Å². The summed E-state index contributed by atoms with van der Waals surface area (Å²) in [6, 6.07) is 67.0. The summed E-state index contributed by atoms with van der Waals surface area (Å²) >= 11 is 0. The molecule has 1 aromatic heterocycles. The summed E-state index contributed by atoms with van der Waals surface area (Å²) in [5.41, 5.74) is 27.4. The second-order valence-corrected chi connectivity index (χ2v) is 21.3. The second-order valence-electron chi connectivity index (χ2n) is 21.3. The zero-order valence-corrected chi connectivity index (χ0v) is 40.5. The van der Waals surface area contributed by atoms with Crippen LogP contribution in [-0.4, -0.2) is 24.7 Å². The Morgan fingerprint density at radius 2 is 0.971 bits per heavy atom. The number of para-hydroxylation sites is 6. The van der Waals surface area contributed by atoms with Gasteiger partial charge < -0.3 is 19.1 Å². The average molecular weight is 898 g/mol. The SMILES string of the molecule is CC(C)c1cc(C(C)C)c(B2c3ccccc3Oc3cc4c(cc32)B2c3ccccc3N3c5ccccc5B5c6c(cc(c2c63)N4c2ccccc2)-n2c3ccccc3c3cccc5c32)c(C(C)C)c1. The molecule has 9 aromatic carbocycles. The van der Waals surface area contributed by atoms with E-state index < -0.39 is 0 Å². The van der Waals surface area contributed by atoms with Gasteiger partial charge in [-0.2, -0.15) is 0 Å². The summed E-state index contributed by atoms with van der Waals surface area (Å²) in [5.74, 6) is 2.95. The quantitative estimate of drug-likeness (QED) is 0.161. The predicted octanol–water partition coefficient (Wildman–Crippen LogP) is 10.0. The Morgan fingerprint density at radius 3 is 1.69 bits per heavy atom. The molecular weight excluding hydrogens is 847 g/mol. The van der Waals surface area contributed by atoms with Gasteiger partial charge in [-0.05, 0) is 121 Å². The molecular formula is C63H50B3N3O. The van der Waals surface area contributed by atoms with Crippen molar-refractivity contribution in [1.29, 1.82) is 0 Å². The van der Waals surface area contributed by atoms with Crippen LogP contribution in [0, 0.1) is 0 Å². The van der Waals surface area contributed by atoms with E-state index in [2.05, 4.69) is 232 Å². The van der Waals surface area contributed by atoms with Crippen LogP contribution in [-0.2, 0) is 0 Å². The zero-order chi connectivity index (χ0) is 46.8. The second kappa shape index (κ2) is 14.5. The minimum Gasteiger partial charge on any atom is -0.458 e. The maximum atomic E-state index is 7.25. The van der Waals surface area contributed by atoms with E-state index in [1.807, 2.05) is 0 Å². The van der Waals surface area contributed by atoms with Gasteiger partial charge in [-0.15, -0.1) is 0 Å². The van der Waals surface area contributed by atoms with Crippen molar-refractivity contribution in [3.8, 4) is 17.2 Å². The lowest BCUT2D eigenvalue weighted by atomic mass is 9.28. The molecule has 332 valence electrons. The number of hydrogen-bond donors (Lipinski definition) is 0. The molecule has 0 radical (unpaired) electrons. The van der Waals surface area contributed by atoms with E-state index in [9.17, 15) is 0 Å². The summed E-state index contributed by atoms with van der Waals surface area (Å²) in [5, 5.41) is 2.59. The molecule has 0 aliphatic carbocycles. The Bertz CT molecular complexity index is 3880. The van der Waals surface area contributed by atoms with E-state index in [4.69, 9.17) is 4.74 Å².